The normalized spacial score (nSPS) is 26.4. The van der Waals surface area contributed by atoms with Crippen molar-refractivity contribution in [1.29, 1.82) is 0 Å². The number of alkyl halides is 1. The number of allylic oxidation sites excluding steroid dienone is 2. The molecule has 1 aliphatic heterocycles. The summed E-state index contributed by atoms with van der Waals surface area (Å²) in [4.78, 5) is 2.57. The second-order valence-corrected chi connectivity index (χ2v) is 6.46. The van der Waals surface area contributed by atoms with Crippen molar-refractivity contribution in [1.82, 2.24) is 4.90 Å². The van der Waals surface area contributed by atoms with Gasteiger partial charge in [0.1, 0.15) is 0 Å². The molecule has 0 amide bonds. The summed E-state index contributed by atoms with van der Waals surface area (Å²) >= 11 is 6.06. The first-order chi connectivity index (χ1) is 10.2. The molecular formula is C17H28ClNO2. The molecule has 2 aliphatic rings. The van der Waals surface area contributed by atoms with Crippen LogP contribution in [0.25, 0.3) is 0 Å². The van der Waals surface area contributed by atoms with E-state index in [1.165, 1.54) is 31.4 Å². The molecule has 0 aromatic carbocycles. The Labute approximate surface area is 133 Å². The summed E-state index contributed by atoms with van der Waals surface area (Å²) in [5, 5.41) is 0. The topological polar surface area (TPSA) is 21.7 Å². The van der Waals surface area contributed by atoms with Crippen LogP contribution in [-0.2, 0) is 9.47 Å². The van der Waals surface area contributed by atoms with Gasteiger partial charge in [-0.1, -0.05) is 24.1 Å². The third-order valence-corrected chi connectivity index (χ3v) is 5.10. The van der Waals surface area contributed by atoms with E-state index in [9.17, 15) is 0 Å². The molecule has 0 aromatic heterocycles. The zero-order valence-corrected chi connectivity index (χ0v) is 14.1. The number of halogens is 1. The van der Waals surface area contributed by atoms with E-state index in [2.05, 4.69) is 17.1 Å². The van der Waals surface area contributed by atoms with Crippen molar-refractivity contribution in [2.24, 2.45) is 5.92 Å². The molecular weight excluding hydrogens is 286 g/mol. The van der Waals surface area contributed by atoms with Gasteiger partial charge in [0.15, 0.2) is 5.79 Å². The lowest BCUT2D eigenvalue weighted by molar-refractivity contribution is -0.169. The predicted molar refractivity (Wildman–Crippen MR) is 87.7 cm³/mol. The smallest absolute Gasteiger partial charge is 0.191 e. The minimum absolute atomic E-state index is 0.568. The fourth-order valence-corrected chi connectivity index (χ4v) is 3.50. The number of methoxy groups -OCH3 is 2. The van der Waals surface area contributed by atoms with Gasteiger partial charge in [-0.25, -0.2) is 0 Å². The molecule has 1 unspecified atom stereocenters. The van der Waals surface area contributed by atoms with Crippen molar-refractivity contribution in [2.75, 3.05) is 39.7 Å². The lowest BCUT2D eigenvalue weighted by atomic mass is 9.96. The molecule has 3 nitrogen and oxygen atoms in total. The number of nitrogens with zero attached hydrogens (tertiary/aromatic N) is 1. The molecule has 0 spiro atoms. The summed E-state index contributed by atoms with van der Waals surface area (Å²) in [5.74, 6) is 0.881. The van der Waals surface area contributed by atoms with E-state index in [-0.39, 0.29) is 0 Å². The monoisotopic (exact) mass is 313 g/mol. The largest absolute Gasteiger partial charge is 0.349 e. The number of likely N-dealkylation sites (tertiary alicyclic amines) is 1. The molecule has 120 valence electrons. The lowest BCUT2D eigenvalue weighted by Gasteiger charge is -2.31. The Morgan fingerprint density at radius 3 is 2.86 bits per heavy atom. The van der Waals surface area contributed by atoms with E-state index >= 15 is 0 Å². The summed E-state index contributed by atoms with van der Waals surface area (Å²) < 4.78 is 11.0. The highest BCUT2D eigenvalue weighted by molar-refractivity contribution is 6.18. The van der Waals surface area contributed by atoms with Crippen LogP contribution in [0, 0.1) is 5.92 Å². The Balaban J connectivity index is 1.85. The Hall–Kier alpha value is -0.350. The summed E-state index contributed by atoms with van der Waals surface area (Å²) in [5.41, 5.74) is 1.40. The molecule has 2 rings (SSSR count). The van der Waals surface area contributed by atoms with Gasteiger partial charge in [0.05, 0.1) is 0 Å². The quantitative estimate of drug-likeness (QED) is 0.552. The maximum absolute atomic E-state index is 6.06. The third-order valence-electron chi connectivity index (χ3n) is 4.67. The van der Waals surface area contributed by atoms with Crippen LogP contribution in [-0.4, -0.2) is 50.4 Å². The predicted octanol–water partition coefficient (Wildman–Crippen LogP) is 3.59. The van der Waals surface area contributed by atoms with Gasteiger partial charge in [-0.2, -0.15) is 0 Å². The molecule has 4 heteroatoms. The molecule has 0 N–H and O–H groups in total. The summed E-state index contributed by atoms with van der Waals surface area (Å²) in [6.45, 7) is 3.46. The molecule has 1 aliphatic carbocycles. The highest BCUT2D eigenvalue weighted by Crippen LogP contribution is 2.29. The van der Waals surface area contributed by atoms with Crippen LogP contribution in [0.15, 0.2) is 23.8 Å². The standard InChI is InChI=1S/C17H28ClNO2/c1-20-17(21-2)9-5-7-15(12-17)8-11-19-10-4-3-6-16(13-18)14-19/h5,7,9,16H,3-4,6,8,10-14H2,1-2H3. The van der Waals surface area contributed by atoms with E-state index in [0.717, 1.165) is 31.8 Å². The first-order valence-electron chi connectivity index (χ1n) is 7.97. The molecule has 0 radical (unpaired) electrons. The average molecular weight is 314 g/mol. The summed E-state index contributed by atoms with van der Waals surface area (Å²) in [6.07, 6.45) is 12.0. The molecule has 0 aromatic rings. The van der Waals surface area contributed by atoms with E-state index in [1.54, 1.807) is 14.2 Å². The van der Waals surface area contributed by atoms with Gasteiger partial charge >= 0.3 is 0 Å². The van der Waals surface area contributed by atoms with Crippen LogP contribution >= 0.6 is 11.6 Å². The zero-order chi connectivity index (χ0) is 15.1. The molecule has 1 atom stereocenters. The van der Waals surface area contributed by atoms with Crippen LogP contribution in [0.4, 0.5) is 0 Å². The van der Waals surface area contributed by atoms with Crippen molar-refractivity contribution in [3.05, 3.63) is 23.8 Å². The van der Waals surface area contributed by atoms with Crippen molar-refractivity contribution in [3.8, 4) is 0 Å². The Bertz CT molecular complexity index is 377. The van der Waals surface area contributed by atoms with Gasteiger partial charge in [-0.05, 0) is 37.8 Å². The molecule has 0 saturated carbocycles. The highest BCUT2D eigenvalue weighted by atomic mass is 35.5. The second kappa shape index (κ2) is 8.33. The van der Waals surface area contributed by atoms with Crippen LogP contribution in [0.3, 0.4) is 0 Å². The Kier molecular flexibility index (Phi) is 6.74. The van der Waals surface area contributed by atoms with Crippen LogP contribution in [0.2, 0.25) is 0 Å². The number of ether oxygens (including phenoxy) is 2. The average Bonchev–Trinajstić information content (AvgIpc) is 2.78. The fraction of sp³-hybridized carbons (Fsp3) is 0.765. The van der Waals surface area contributed by atoms with Crippen molar-refractivity contribution >= 4 is 11.6 Å². The van der Waals surface area contributed by atoms with Crippen molar-refractivity contribution in [2.45, 2.75) is 37.9 Å². The molecule has 1 saturated heterocycles. The summed E-state index contributed by atoms with van der Waals surface area (Å²) in [7, 11) is 3.41. The van der Waals surface area contributed by atoms with Crippen LogP contribution in [0.1, 0.15) is 32.1 Å². The highest BCUT2D eigenvalue weighted by Gasteiger charge is 2.29. The van der Waals surface area contributed by atoms with E-state index in [4.69, 9.17) is 21.1 Å². The number of hydrogen-bond donors (Lipinski definition) is 0. The second-order valence-electron chi connectivity index (χ2n) is 6.15. The van der Waals surface area contributed by atoms with E-state index in [1.807, 2.05) is 6.08 Å². The van der Waals surface area contributed by atoms with Gasteiger partial charge in [-0.3, -0.25) is 0 Å². The van der Waals surface area contributed by atoms with Gasteiger partial charge in [0, 0.05) is 39.6 Å². The van der Waals surface area contributed by atoms with Crippen LogP contribution < -0.4 is 0 Å². The Morgan fingerprint density at radius 1 is 1.33 bits per heavy atom. The van der Waals surface area contributed by atoms with Crippen molar-refractivity contribution in [3.63, 3.8) is 0 Å². The maximum atomic E-state index is 6.06. The molecule has 0 bridgehead atoms. The van der Waals surface area contributed by atoms with Crippen molar-refractivity contribution < 1.29 is 9.47 Å². The Morgan fingerprint density at radius 2 is 2.14 bits per heavy atom. The fourth-order valence-electron chi connectivity index (χ4n) is 3.25. The zero-order valence-electron chi connectivity index (χ0n) is 13.3. The number of hydrogen-bond acceptors (Lipinski definition) is 3. The minimum atomic E-state index is -0.568. The molecule has 21 heavy (non-hydrogen) atoms. The van der Waals surface area contributed by atoms with Gasteiger partial charge in [0.2, 0.25) is 0 Å². The lowest BCUT2D eigenvalue weighted by Crippen LogP contribution is -2.34. The van der Waals surface area contributed by atoms with E-state index in [0.29, 0.717) is 5.92 Å². The SMILES string of the molecule is COC1(OC)C=CC=C(CCN2CCCCC(CCl)C2)C1. The van der Waals surface area contributed by atoms with Gasteiger partial charge in [0.25, 0.3) is 0 Å². The first kappa shape index (κ1) is 17.0. The molecule has 1 fully saturated rings. The molecule has 1 heterocycles. The first-order valence-corrected chi connectivity index (χ1v) is 8.50. The third kappa shape index (κ3) is 4.82. The van der Waals surface area contributed by atoms with E-state index < -0.39 is 5.79 Å². The van der Waals surface area contributed by atoms with Crippen LogP contribution in [0.5, 0.6) is 0 Å². The van der Waals surface area contributed by atoms with Gasteiger partial charge in [-0.15, -0.1) is 11.6 Å². The number of rotatable bonds is 6. The summed E-state index contributed by atoms with van der Waals surface area (Å²) in [6, 6.07) is 0. The maximum Gasteiger partial charge on any atom is 0.191 e. The minimum Gasteiger partial charge on any atom is -0.349 e. The van der Waals surface area contributed by atoms with Gasteiger partial charge < -0.3 is 14.4 Å².